The van der Waals surface area contributed by atoms with Gasteiger partial charge in [0.1, 0.15) is 0 Å². The first kappa shape index (κ1) is 13.0. The first-order valence-corrected chi connectivity index (χ1v) is 6.73. The fraction of sp³-hybridized carbons (Fsp3) is 0.385. The van der Waals surface area contributed by atoms with Gasteiger partial charge >= 0.3 is 5.97 Å². The molecule has 1 aromatic rings. The van der Waals surface area contributed by atoms with Gasteiger partial charge in [0.05, 0.1) is 23.6 Å². The summed E-state index contributed by atoms with van der Waals surface area (Å²) in [6.45, 7) is 2.06. The Morgan fingerprint density at radius 2 is 2.28 bits per heavy atom. The highest BCUT2D eigenvalue weighted by Gasteiger charge is 2.26. The Kier molecular flexibility index (Phi) is 3.91. The predicted molar refractivity (Wildman–Crippen MR) is 71.0 cm³/mol. The lowest BCUT2D eigenvalue weighted by molar-refractivity contribution is -0.115. The number of amides is 1. The number of hydrogen-bond donors (Lipinski definition) is 1. The first-order valence-electron chi connectivity index (χ1n) is 5.85. The number of hydrogen-bond acceptors (Lipinski definition) is 4. The lowest BCUT2D eigenvalue weighted by atomic mass is 10.1. The van der Waals surface area contributed by atoms with E-state index in [1.165, 1.54) is 7.11 Å². The lowest BCUT2D eigenvalue weighted by Crippen LogP contribution is -2.29. The molecule has 96 valence electrons. The summed E-state index contributed by atoms with van der Waals surface area (Å²) in [6, 6.07) is 5.24. The summed E-state index contributed by atoms with van der Waals surface area (Å²) in [4.78, 5) is 24.3. The van der Waals surface area contributed by atoms with Crippen LogP contribution >= 0.6 is 11.8 Å². The zero-order chi connectivity index (χ0) is 13.1. The van der Waals surface area contributed by atoms with Gasteiger partial charge in [-0.15, -0.1) is 11.8 Å². The molecular weight excluding hydrogens is 250 g/mol. The smallest absolute Gasteiger partial charge is 0.337 e. The van der Waals surface area contributed by atoms with Gasteiger partial charge in [-0.05, 0) is 24.6 Å². The molecule has 1 unspecified atom stereocenters. The largest absolute Gasteiger partial charge is 0.465 e. The molecule has 0 aromatic heterocycles. The molecule has 2 rings (SSSR count). The molecule has 1 atom stereocenters. The molecule has 0 radical (unpaired) electrons. The van der Waals surface area contributed by atoms with Crippen LogP contribution in [0.5, 0.6) is 0 Å². The van der Waals surface area contributed by atoms with E-state index in [9.17, 15) is 9.59 Å². The van der Waals surface area contributed by atoms with Crippen molar-refractivity contribution in [3.8, 4) is 0 Å². The zero-order valence-electron chi connectivity index (χ0n) is 10.4. The van der Waals surface area contributed by atoms with Crippen molar-refractivity contribution in [2.45, 2.75) is 29.9 Å². The van der Waals surface area contributed by atoms with E-state index < -0.39 is 5.97 Å². The second-order valence-corrected chi connectivity index (χ2v) is 5.33. The Morgan fingerprint density at radius 1 is 1.50 bits per heavy atom. The van der Waals surface area contributed by atoms with Crippen LogP contribution < -0.4 is 5.32 Å². The van der Waals surface area contributed by atoms with Crippen molar-refractivity contribution >= 4 is 29.3 Å². The van der Waals surface area contributed by atoms with Gasteiger partial charge in [0, 0.05) is 4.90 Å². The maximum atomic E-state index is 11.8. The minimum absolute atomic E-state index is 0.0105. The number of methoxy groups -OCH3 is 1. The van der Waals surface area contributed by atoms with Gasteiger partial charge in [0.2, 0.25) is 5.91 Å². The lowest BCUT2D eigenvalue weighted by Gasteiger charge is -2.24. The summed E-state index contributed by atoms with van der Waals surface area (Å²) in [5, 5.41) is 2.81. The Hall–Kier alpha value is -1.49. The van der Waals surface area contributed by atoms with E-state index in [4.69, 9.17) is 0 Å². The van der Waals surface area contributed by atoms with E-state index in [2.05, 4.69) is 17.0 Å². The fourth-order valence-electron chi connectivity index (χ4n) is 1.85. The van der Waals surface area contributed by atoms with Crippen molar-refractivity contribution in [3.63, 3.8) is 0 Å². The van der Waals surface area contributed by atoms with Gasteiger partial charge in [0.15, 0.2) is 0 Å². The number of nitrogens with one attached hydrogen (secondary N) is 1. The minimum Gasteiger partial charge on any atom is -0.465 e. The fourth-order valence-corrected chi connectivity index (χ4v) is 3.06. The predicted octanol–water partition coefficient (Wildman–Crippen LogP) is 2.69. The first-order chi connectivity index (χ1) is 8.65. The van der Waals surface area contributed by atoms with Crippen LogP contribution in [0.1, 0.15) is 30.1 Å². The molecule has 0 saturated carbocycles. The molecule has 1 heterocycles. The molecule has 18 heavy (non-hydrogen) atoms. The number of carbonyl (C=O) groups is 2. The number of carbonyl (C=O) groups excluding carboxylic acids is 2. The minimum atomic E-state index is -0.396. The highest BCUT2D eigenvalue weighted by molar-refractivity contribution is 8.01. The molecule has 1 aliphatic rings. The van der Waals surface area contributed by atoms with E-state index in [1.807, 2.05) is 6.07 Å². The molecule has 5 heteroatoms. The molecule has 1 aliphatic heterocycles. The van der Waals surface area contributed by atoms with Crippen molar-refractivity contribution in [3.05, 3.63) is 23.8 Å². The number of ether oxygens (including phenoxy) is 1. The van der Waals surface area contributed by atoms with Crippen LogP contribution in [-0.2, 0) is 9.53 Å². The zero-order valence-corrected chi connectivity index (χ0v) is 11.2. The van der Waals surface area contributed by atoms with Crippen LogP contribution in [-0.4, -0.2) is 24.2 Å². The van der Waals surface area contributed by atoms with Crippen LogP contribution in [0.3, 0.4) is 0 Å². The summed E-state index contributed by atoms with van der Waals surface area (Å²) in [5.41, 5.74) is 1.14. The van der Waals surface area contributed by atoms with Crippen molar-refractivity contribution in [1.29, 1.82) is 0 Å². The Labute approximate surface area is 110 Å². The maximum Gasteiger partial charge on any atom is 0.337 e. The third kappa shape index (κ3) is 2.51. The van der Waals surface area contributed by atoms with E-state index in [0.29, 0.717) is 11.3 Å². The highest BCUT2D eigenvalue weighted by atomic mass is 32.2. The summed E-state index contributed by atoms with van der Waals surface area (Å²) in [6.07, 6.45) is 1.83. The third-order valence-corrected chi connectivity index (χ3v) is 4.12. The van der Waals surface area contributed by atoms with Crippen LogP contribution in [0, 0.1) is 0 Å². The topological polar surface area (TPSA) is 55.4 Å². The Balaban J connectivity index is 2.26. The average molecular weight is 265 g/mol. The van der Waals surface area contributed by atoms with Crippen LogP contribution in [0.15, 0.2) is 23.1 Å². The number of fused-ring (bicyclic) bond motifs is 1. The van der Waals surface area contributed by atoms with Crippen LogP contribution in [0.25, 0.3) is 0 Å². The van der Waals surface area contributed by atoms with E-state index in [-0.39, 0.29) is 11.2 Å². The van der Waals surface area contributed by atoms with Gasteiger partial charge < -0.3 is 10.1 Å². The molecule has 1 aromatic carbocycles. The second-order valence-electron chi connectivity index (χ2n) is 4.09. The standard InChI is InChI=1S/C13H15NO3S/c1-3-4-11-12(15)14-9-7-8(13(16)17-2)5-6-10(9)18-11/h5-7,11H,3-4H2,1-2H3,(H,14,15). The molecular formula is C13H15NO3S. The van der Waals surface area contributed by atoms with Gasteiger partial charge in [-0.25, -0.2) is 4.79 Å². The van der Waals surface area contributed by atoms with Crippen molar-refractivity contribution in [2.75, 3.05) is 12.4 Å². The molecule has 1 amide bonds. The van der Waals surface area contributed by atoms with Gasteiger partial charge in [-0.3, -0.25) is 4.79 Å². The molecule has 0 fully saturated rings. The van der Waals surface area contributed by atoms with E-state index >= 15 is 0 Å². The van der Waals surface area contributed by atoms with Crippen molar-refractivity contribution in [2.24, 2.45) is 0 Å². The molecule has 1 N–H and O–H groups in total. The Morgan fingerprint density at radius 3 is 2.94 bits per heavy atom. The third-order valence-electron chi connectivity index (χ3n) is 2.77. The number of esters is 1. The van der Waals surface area contributed by atoms with E-state index in [0.717, 1.165) is 17.7 Å². The summed E-state index contributed by atoms with van der Waals surface area (Å²) in [7, 11) is 1.34. The van der Waals surface area contributed by atoms with Crippen molar-refractivity contribution < 1.29 is 14.3 Å². The summed E-state index contributed by atoms with van der Waals surface area (Å²) >= 11 is 1.55. The van der Waals surface area contributed by atoms with Gasteiger partial charge in [0.25, 0.3) is 0 Å². The SMILES string of the molecule is CCCC1Sc2ccc(C(=O)OC)cc2NC1=O. The molecule has 0 saturated heterocycles. The van der Waals surface area contributed by atoms with Gasteiger partial charge in [-0.2, -0.15) is 0 Å². The molecule has 0 spiro atoms. The number of anilines is 1. The maximum absolute atomic E-state index is 11.8. The number of thioether (sulfide) groups is 1. The monoisotopic (exact) mass is 265 g/mol. The molecule has 4 nitrogen and oxygen atoms in total. The summed E-state index contributed by atoms with van der Waals surface area (Å²) in [5.74, 6) is -0.385. The van der Waals surface area contributed by atoms with Crippen molar-refractivity contribution in [1.82, 2.24) is 0 Å². The quantitative estimate of drug-likeness (QED) is 0.854. The number of benzene rings is 1. The van der Waals surface area contributed by atoms with Crippen LogP contribution in [0.4, 0.5) is 5.69 Å². The Bertz CT molecular complexity index is 487. The second kappa shape index (κ2) is 5.44. The summed E-state index contributed by atoms with van der Waals surface area (Å²) < 4.78 is 4.66. The molecule has 0 bridgehead atoms. The normalized spacial score (nSPS) is 17.9. The van der Waals surface area contributed by atoms with E-state index in [1.54, 1.807) is 23.9 Å². The average Bonchev–Trinajstić information content (AvgIpc) is 2.38. The number of rotatable bonds is 3. The molecule has 0 aliphatic carbocycles. The van der Waals surface area contributed by atoms with Crippen LogP contribution in [0.2, 0.25) is 0 Å². The highest BCUT2D eigenvalue weighted by Crippen LogP contribution is 2.37. The van der Waals surface area contributed by atoms with Gasteiger partial charge in [-0.1, -0.05) is 13.3 Å².